The van der Waals surface area contributed by atoms with Gasteiger partial charge in [-0.3, -0.25) is 4.79 Å². The molecule has 2 aromatic rings. The number of carbonyl (C=O) groups excluding carboxylic acids is 1. The van der Waals surface area contributed by atoms with Crippen molar-refractivity contribution in [3.8, 4) is 0 Å². The fraction of sp³-hybridized carbons (Fsp3) is 0.444. The number of nitrogens with zero attached hydrogens (tertiary/aromatic N) is 1. The molecular formula is C18H23NO3S. The summed E-state index contributed by atoms with van der Waals surface area (Å²) in [6.07, 6.45) is 4.94. The third-order valence-electron chi connectivity index (χ3n) is 3.41. The maximum Gasteiger partial charge on any atom is 0.310 e. The quantitative estimate of drug-likeness (QED) is 0.699. The average molecular weight is 333 g/mol. The van der Waals surface area contributed by atoms with Crippen molar-refractivity contribution in [3.05, 3.63) is 45.8 Å². The number of hydrogen-bond acceptors (Lipinski definition) is 5. The van der Waals surface area contributed by atoms with Gasteiger partial charge in [0.1, 0.15) is 6.26 Å². The largest absolute Gasteiger partial charge is 0.462 e. The summed E-state index contributed by atoms with van der Waals surface area (Å²) in [5.41, 5.74) is 1.60. The monoisotopic (exact) mass is 333 g/mol. The highest BCUT2D eigenvalue weighted by Crippen LogP contribution is 2.20. The lowest BCUT2D eigenvalue weighted by atomic mass is 10.1. The summed E-state index contributed by atoms with van der Waals surface area (Å²) in [6, 6.07) is 7.59. The molecule has 0 aliphatic heterocycles. The number of esters is 1. The van der Waals surface area contributed by atoms with E-state index in [2.05, 4.69) is 11.9 Å². The number of carbonyl (C=O) groups is 1. The van der Waals surface area contributed by atoms with Crippen molar-refractivity contribution >= 4 is 23.0 Å². The number of ether oxygens (including phenoxy) is 1. The maximum absolute atomic E-state index is 12.1. The van der Waals surface area contributed by atoms with Gasteiger partial charge >= 0.3 is 5.97 Å². The van der Waals surface area contributed by atoms with E-state index < -0.39 is 0 Å². The summed E-state index contributed by atoms with van der Waals surface area (Å²) in [6.45, 7) is 6.04. The number of unbranched alkanes of at least 4 members (excludes halogenated alkanes) is 1. The molecule has 2 rings (SSSR count). The van der Waals surface area contributed by atoms with E-state index >= 15 is 0 Å². The first-order valence-electron chi connectivity index (χ1n) is 7.96. The molecule has 1 aromatic carbocycles. The van der Waals surface area contributed by atoms with Crippen molar-refractivity contribution in [1.82, 2.24) is 0 Å². The summed E-state index contributed by atoms with van der Waals surface area (Å²) in [7, 11) is 0. The van der Waals surface area contributed by atoms with Gasteiger partial charge in [0.2, 0.25) is 0 Å². The molecule has 0 N–H and O–H groups in total. The molecule has 1 atom stereocenters. The van der Waals surface area contributed by atoms with Gasteiger partial charge < -0.3 is 9.15 Å². The van der Waals surface area contributed by atoms with Crippen LogP contribution in [0.2, 0.25) is 0 Å². The van der Waals surface area contributed by atoms with E-state index in [1.807, 2.05) is 38.1 Å². The van der Waals surface area contributed by atoms with Crippen LogP contribution in [0.15, 0.2) is 39.9 Å². The molecule has 0 spiro atoms. The van der Waals surface area contributed by atoms with Gasteiger partial charge in [-0.25, -0.2) is 4.99 Å². The Morgan fingerprint density at radius 3 is 2.87 bits per heavy atom. The topological polar surface area (TPSA) is 51.8 Å². The molecule has 0 saturated carbocycles. The molecule has 5 heteroatoms. The van der Waals surface area contributed by atoms with Crippen LogP contribution in [0.1, 0.15) is 43.6 Å². The minimum atomic E-state index is -0.212. The second-order valence-electron chi connectivity index (χ2n) is 5.57. The first-order valence-corrected chi connectivity index (χ1v) is 8.77. The van der Waals surface area contributed by atoms with E-state index in [4.69, 9.17) is 9.15 Å². The van der Waals surface area contributed by atoms with Crippen molar-refractivity contribution in [2.45, 2.75) is 52.6 Å². The van der Waals surface area contributed by atoms with Crippen molar-refractivity contribution in [2.75, 3.05) is 0 Å². The zero-order valence-corrected chi connectivity index (χ0v) is 14.7. The SMILES string of the molecule is CCCCC(C)OC(=O)Cc1ccccc1N=c1occ(C)s1. The predicted octanol–water partition coefficient (Wildman–Crippen LogP) is 4.55. The summed E-state index contributed by atoms with van der Waals surface area (Å²) < 4.78 is 10.8. The van der Waals surface area contributed by atoms with E-state index in [1.165, 1.54) is 11.3 Å². The van der Waals surface area contributed by atoms with Crippen LogP contribution in [0.3, 0.4) is 0 Å². The minimum absolute atomic E-state index is 0.0403. The Bertz CT molecular complexity index is 702. The molecule has 1 heterocycles. The molecule has 0 radical (unpaired) electrons. The van der Waals surface area contributed by atoms with Gasteiger partial charge in [-0.15, -0.1) is 0 Å². The van der Waals surface area contributed by atoms with E-state index in [1.54, 1.807) is 6.26 Å². The Labute approximate surface area is 140 Å². The molecule has 0 fully saturated rings. The van der Waals surface area contributed by atoms with Gasteiger partial charge in [-0.05, 0) is 31.9 Å². The molecule has 0 aliphatic carbocycles. The predicted molar refractivity (Wildman–Crippen MR) is 91.8 cm³/mol. The van der Waals surface area contributed by atoms with Gasteiger partial charge in [0.05, 0.1) is 18.2 Å². The number of hydrogen-bond donors (Lipinski definition) is 0. The van der Waals surface area contributed by atoms with Crippen molar-refractivity contribution < 1.29 is 13.9 Å². The van der Waals surface area contributed by atoms with E-state index in [9.17, 15) is 4.79 Å². The highest BCUT2D eigenvalue weighted by molar-refractivity contribution is 7.08. The van der Waals surface area contributed by atoms with Crippen LogP contribution in [0.4, 0.5) is 5.69 Å². The summed E-state index contributed by atoms with van der Waals surface area (Å²) in [5.74, 6) is -0.212. The van der Waals surface area contributed by atoms with Crippen molar-refractivity contribution in [1.29, 1.82) is 0 Å². The Hall–Kier alpha value is -1.88. The van der Waals surface area contributed by atoms with Crippen LogP contribution in [-0.4, -0.2) is 12.1 Å². The van der Waals surface area contributed by atoms with Gasteiger partial charge in [-0.2, -0.15) is 0 Å². The van der Waals surface area contributed by atoms with Crippen molar-refractivity contribution in [3.63, 3.8) is 0 Å². The van der Waals surface area contributed by atoms with Crippen LogP contribution in [0.25, 0.3) is 0 Å². The third kappa shape index (κ3) is 5.67. The molecular weight excluding hydrogens is 310 g/mol. The lowest BCUT2D eigenvalue weighted by molar-refractivity contribution is -0.147. The number of para-hydroxylation sites is 1. The molecule has 124 valence electrons. The summed E-state index contributed by atoms with van der Waals surface area (Å²) >= 11 is 1.48. The third-order valence-corrected chi connectivity index (χ3v) is 4.19. The van der Waals surface area contributed by atoms with Gasteiger partial charge in [0.15, 0.2) is 0 Å². The van der Waals surface area contributed by atoms with Crippen LogP contribution in [-0.2, 0) is 16.0 Å². The number of benzene rings is 1. The van der Waals surface area contributed by atoms with E-state index in [0.29, 0.717) is 4.87 Å². The van der Waals surface area contributed by atoms with Crippen LogP contribution in [0, 0.1) is 6.92 Å². The van der Waals surface area contributed by atoms with Crippen LogP contribution >= 0.6 is 11.3 Å². The standard InChI is InChI=1S/C18H23NO3S/c1-4-5-8-13(2)22-17(20)11-15-9-6-7-10-16(15)19-18-21-12-14(3)23-18/h6-7,9-10,12-13H,4-5,8,11H2,1-3H3. The molecule has 4 nitrogen and oxygen atoms in total. The highest BCUT2D eigenvalue weighted by atomic mass is 32.1. The number of aryl methyl sites for hydroxylation is 1. The maximum atomic E-state index is 12.1. The van der Waals surface area contributed by atoms with Gasteiger partial charge in [0, 0.05) is 4.88 Å². The normalized spacial score (nSPS) is 13.1. The zero-order chi connectivity index (χ0) is 16.7. The smallest absolute Gasteiger partial charge is 0.310 e. The van der Waals surface area contributed by atoms with E-state index in [0.717, 1.165) is 35.4 Å². The fourth-order valence-electron chi connectivity index (χ4n) is 2.21. The molecule has 0 aliphatic rings. The lowest BCUT2D eigenvalue weighted by Crippen LogP contribution is -2.16. The summed E-state index contributed by atoms with van der Waals surface area (Å²) in [5, 5.41) is 0. The first kappa shape index (κ1) is 17.5. The lowest BCUT2D eigenvalue weighted by Gasteiger charge is -2.13. The second-order valence-corrected chi connectivity index (χ2v) is 6.77. The van der Waals surface area contributed by atoms with Gasteiger partial charge in [0.25, 0.3) is 4.87 Å². The molecule has 1 unspecified atom stereocenters. The van der Waals surface area contributed by atoms with Crippen LogP contribution in [0.5, 0.6) is 0 Å². The molecule has 0 bridgehead atoms. The zero-order valence-electron chi connectivity index (χ0n) is 13.9. The highest BCUT2D eigenvalue weighted by Gasteiger charge is 2.12. The minimum Gasteiger partial charge on any atom is -0.462 e. The Morgan fingerprint density at radius 2 is 2.17 bits per heavy atom. The molecule has 0 amide bonds. The van der Waals surface area contributed by atoms with E-state index in [-0.39, 0.29) is 18.5 Å². The average Bonchev–Trinajstić information content (AvgIpc) is 2.92. The van der Waals surface area contributed by atoms with Crippen molar-refractivity contribution in [2.24, 2.45) is 4.99 Å². The molecule has 1 aromatic heterocycles. The first-order chi connectivity index (χ1) is 11.1. The Balaban J connectivity index is 2.07. The second kappa shape index (κ2) is 8.67. The van der Waals surface area contributed by atoms with Crippen LogP contribution < -0.4 is 4.87 Å². The number of rotatable bonds is 7. The Morgan fingerprint density at radius 1 is 1.39 bits per heavy atom. The summed E-state index contributed by atoms with van der Waals surface area (Å²) in [4.78, 5) is 18.2. The van der Waals surface area contributed by atoms with Gasteiger partial charge in [-0.1, -0.05) is 49.3 Å². The molecule has 23 heavy (non-hydrogen) atoms. The Kier molecular flexibility index (Phi) is 6.59. The molecule has 0 saturated heterocycles. The fourth-order valence-corrected chi connectivity index (χ4v) is 2.82.